The summed E-state index contributed by atoms with van der Waals surface area (Å²) >= 11 is 0. The van der Waals surface area contributed by atoms with Crippen LogP contribution in [0, 0.1) is 13.8 Å². The van der Waals surface area contributed by atoms with Crippen molar-refractivity contribution in [1.82, 2.24) is 14.4 Å². The van der Waals surface area contributed by atoms with Gasteiger partial charge in [0.15, 0.2) is 0 Å². The zero-order valence-electron chi connectivity index (χ0n) is 12.2. The highest BCUT2D eigenvalue weighted by molar-refractivity contribution is 6.03. The largest absolute Gasteiger partial charge is 0.314 e. The average molecular weight is 294 g/mol. The molecular weight excluding hydrogens is 280 g/mol. The van der Waals surface area contributed by atoms with Crippen LogP contribution in [-0.2, 0) is 0 Å². The second kappa shape index (κ2) is 5.40. The molecule has 0 spiro atoms. The van der Waals surface area contributed by atoms with E-state index in [1.54, 1.807) is 37.4 Å². The van der Waals surface area contributed by atoms with Gasteiger partial charge in [-0.05, 0) is 37.6 Å². The fraction of sp³-hybridized carbons (Fsp3) is 0.125. The van der Waals surface area contributed by atoms with Gasteiger partial charge in [0, 0.05) is 12.4 Å². The molecule has 0 radical (unpaired) electrons. The number of fused-ring (bicyclic) bond motifs is 1. The van der Waals surface area contributed by atoms with Gasteiger partial charge < -0.3 is 5.32 Å². The monoisotopic (exact) mass is 294 g/mol. The highest BCUT2D eigenvalue weighted by atomic mass is 16.2. The van der Waals surface area contributed by atoms with Crippen LogP contribution in [0.2, 0.25) is 0 Å². The van der Waals surface area contributed by atoms with Crippen molar-refractivity contribution in [1.29, 1.82) is 0 Å². The maximum Gasteiger partial charge on any atom is 0.281 e. The van der Waals surface area contributed by atoms with E-state index >= 15 is 0 Å². The molecule has 1 amide bonds. The van der Waals surface area contributed by atoms with E-state index < -0.39 is 5.91 Å². The van der Waals surface area contributed by atoms with Crippen LogP contribution in [-0.4, -0.2) is 20.3 Å². The van der Waals surface area contributed by atoms with Gasteiger partial charge in [0.25, 0.3) is 11.5 Å². The molecule has 0 saturated heterocycles. The Kier molecular flexibility index (Phi) is 3.42. The summed E-state index contributed by atoms with van der Waals surface area (Å²) in [6.45, 7) is 3.58. The molecular formula is C16H14N4O2. The van der Waals surface area contributed by atoms with Crippen LogP contribution in [0.3, 0.4) is 0 Å². The SMILES string of the molecule is Cc1ccc2nc(C)c(NC(=O)c3ccccn3)c(=O)n2c1. The van der Waals surface area contributed by atoms with E-state index in [0.29, 0.717) is 11.3 Å². The number of hydrogen-bond donors (Lipinski definition) is 1. The Bertz CT molecular complexity index is 917. The summed E-state index contributed by atoms with van der Waals surface area (Å²) < 4.78 is 1.43. The Labute approximate surface area is 126 Å². The van der Waals surface area contributed by atoms with Crippen molar-refractivity contribution >= 4 is 17.2 Å². The lowest BCUT2D eigenvalue weighted by atomic mass is 10.2. The first-order valence-corrected chi connectivity index (χ1v) is 6.78. The lowest BCUT2D eigenvalue weighted by Gasteiger charge is -2.09. The Morgan fingerprint density at radius 1 is 1.18 bits per heavy atom. The van der Waals surface area contributed by atoms with E-state index in [2.05, 4.69) is 15.3 Å². The smallest absolute Gasteiger partial charge is 0.281 e. The van der Waals surface area contributed by atoms with Gasteiger partial charge in [-0.2, -0.15) is 0 Å². The molecule has 1 N–H and O–H groups in total. The molecule has 6 nitrogen and oxygen atoms in total. The summed E-state index contributed by atoms with van der Waals surface area (Å²) in [6.07, 6.45) is 3.22. The first kappa shape index (κ1) is 13.9. The molecule has 0 unspecified atom stereocenters. The highest BCUT2D eigenvalue weighted by Crippen LogP contribution is 2.11. The number of rotatable bonds is 2. The third-order valence-corrected chi connectivity index (χ3v) is 3.29. The Hall–Kier alpha value is -3.02. The molecule has 3 rings (SSSR count). The topological polar surface area (TPSA) is 76.4 Å². The van der Waals surface area contributed by atoms with E-state index in [0.717, 1.165) is 5.56 Å². The Morgan fingerprint density at radius 2 is 2.00 bits per heavy atom. The number of nitrogens with one attached hydrogen (secondary N) is 1. The number of anilines is 1. The molecule has 0 aliphatic heterocycles. The Balaban J connectivity index is 2.07. The van der Waals surface area contributed by atoms with Crippen molar-refractivity contribution in [3.8, 4) is 0 Å². The third-order valence-electron chi connectivity index (χ3n) is 3.29. The van der Waals surface area contributed by atoms with Crippen LogP contribution in [0.15, 0.2) is 47.5 Å². The van der Waals surface area contributed by atoms with Crippen LogP contribution in [0.5, 0.6) is 0 Å². The van der Waals surface area contributed by atoms with Crippen molar-refractivity contribution in [3.63, 3.8) is 0 Å². The zero-order chi connectivity index (χ0) is 15.7. The molecule has 0 atom stereocenters. The summed E-state index contributed by atoms with van der Waals surface area (Å²) in [5, 5.41) is 2.61. The number of carbonyl (C=O) groups excluding carboxylic acids is 1. The molecule has 6 heteroatoms. The van der Waals surface area contributed by atoms with E-state index in [4.69, 9.17) is 0 Å². The second-order valence-electron chi connectivity index (χ2n) is 4.98. The van der Waals surface area contributed by atoms with Crippen LogP contribution in [0.25, 0.3) is 5.65 Å². The molecule has 22 heavy (non-hydrogen) atoms. The van der Waals surface area contributed by atoms with Gasteiger partial charge in [-0.25, -0.2) is 4.98 Å². The number of aryl methyl sites for hydroxylation is 2. The first-order chi connectivity index (χ1) is 10.6. The number of pyridine rings is 2. The lowest BCUT2D eigenvalue weighted by Crippen LogP contribution is -2.25. The fourth-order valence-electron chi connectivity index (χ4n) is 2.17. The minimum Gasteiger partial charge on any atom is -0.314 e. The van der Waals surface area contributed by atoms with Crippen molar-refractivity contribution in [2.24, 2.45) is 0 Å². The summed E-state index contributed by atoms with van der Waals surface area (Å²) in [4.78, 5) is 33.0. The number of carbonyl (C=O) groups is 1. The number of hydrogen-bond acceptors (Lipinski definition) is 4. The van der Waals surface area contributed by atoms with Crippen LogP contribution in [0.4, 0.5) is 5.69 Å². The predicted octanol–water partition coefficient (Wildman–Crippen LogP) is 1.96. The van der Waals surface area contributed by atoms with Gasteiger partial charge >= 0.3 is 0 Å². The minimum absolute atomic E-state index is 0.166. The van der Waals surface area contributed by atoms with Gasteiger partial charge in [0.2, 0.25) is 0 Å². The lowest BCUT2D eigenvalue weighted by molar-refractivity contribution is 0.102. The molecule has 0 aliphatic rings. The van der Waals surface area contributed by atoms with E-state index in [1.807, 2.05) is 13.0 Å². The van der Waals surface area contributed by atoms with Gasteiger partial charge in [-0.3, -0.25) is 19.0 Å². The normalized spacial score (nSPS) is 10.6. The zero-order valence-corrected chi connectivity index (χ0v) is 12.2. The quantitative estimate of drug-likeness (QED) is 0.784. The van der Waals surface area contributed by atoms with Crippen LogP contribution < -0.4 is 10.9 Å². The second-order valence-corrected chi connectivity index (χ2v) is 4.98. The van der Waals surface area contributed by atoms with Crippen molar-refractivity contribution in [2.45, 2.75) is 13.8 Å². The standard InChI is InChI=1S/C16H14N4O2/c1-10-6-7-13-18-11(2)14(16(22)20(13)9-10)19-15(21)12-5-3-4-8-17-12/h3-9H,1-2H3,(H,19,21). The van der Waals surface area contributed by atoms with E-state index in [-0.39, 0.29) is 16.9 Å². The van der Waals surface area contributed by atoms with E-state index in [1.165, 1.54) is 10.6 Å². The van der Waals surface area contributed by atoms with Gasteiger partial charge in [0.1, 0.15) is 17.0 Å². The van der Waals surface area contributed by atoms with Crippen LogP contribution >= 0.6 is 0 Å². The molecule has 0 aromatic carbocycles. The minimum atomic E-state index is -0.435. The number of aromatic nitrogens is 3. The van der Waals surface area contributed by atoms with Gasteiger partial charge in [0.05, 0.1) is 5.69 Å². The molecule has 3 heterocycles. The van der Waals surface area contributed by atoms with Gasteiger partial charge in [-0.15, -0.1) is 0 Å². The van der Waals surface area contributed by atoms with E-state index in [9.17, 15) is 9.59 Å². The molecule has 0 fully saturated rings. The number of nitrogens with zero attached hydrogens (tertiary/aromatic N) is 3. The summed E-state index contributed by atoms with van der Waals surface area (Å²) in [5.41, 5.74) is 2.05. The molecule has 3 aromatic heterocycles. The number of amides is 1. The third kappa shape index (κ3) is 2.46. The summed E-state index contributed by atoms with van der Waals surface area (Å²) in [5.74, 6) is -0.435. The molecule has 0 bridgehead atoms. The van der Waals surface area contributed by atoms with Crippen molar-refractivity contribution in [2.75, 3.05) is 5.32 Å². The molecule has 0 aliphatic carbocycles. The molecule has 0 saturated carbocycles. The summed E-state index contributed by atoms with van der Waals surface area (Å²) in [6, 6.07) is 8.67. The predicted molar refractivity (Wildman–Crippen MR) is 83.1 cm³/mol. The Morgan fingerprint density at radius 3 is 2.73 bits per heavy atom. The maximum absolute atomic E-state index is 12.6. The average Bonchev–Trinajstić information content (AvgIpc) is 2.53. The molecule has 3 aromatic rings. The molecule has 110 valence electrons. The van der Waals surface area contributed by atoms with Crippen LogP contribution in [0.1, 0.15) is 21.7 Å². The van der Waals surface area contributed by atoms with Gasteiger partial charge in [-0.1, -0.05) is 12.1 Å². The highest BCUT2D eigenvalue weighted by Gasteiger charge is 2.14. The van der Waals surface area contributed by atoms with Crippen molar-refractivity contribution in [3.05, 3.63) is 70.0 Å². The first-order valence-electron chi connectivity index (χ1n) is 6.78. The fourth-order valence-corrected chi connectivity index (χ4v) is 2.17. The van der Waals surface area contributed by atoms with Crippen molar-refractivity contribution < 1.29 is 4.79 Å². The maximum atomic E-state index is 12.6. The summed E-state index contributed by atoms with van der Waals surface area (Å²) in [7, 11) is 0.